The topological polar surface area (TPSA) is 58.6 Å². The van der Waals surface area contributed by atoms with Crippen molar-refractivity contribution in [3.63, 3.8) is 0 Å². The van der Waals surface area contributed by atoms with Gasteiger partial charge in [0.2, 0.25) is 10.0 Å². The predicted molar refractivity (Wildman–Crippen MR) is 92.2 cm³/mol. The number of sulfonamides is 1. The highest BCUT2D eigenvalue weighted by atomic mass is 32.2. The van der Waals surface area contributed by atoms with Crippen LogP contribution in [-0.2, 0) is 20.2 Å². The first-order chi connectivity index (χ1) is 10.7. The number of hydrogen-bond acceptors (Lipinski definition) is 4. The Morgan fingerprint density at radius 2 is 1.74 bits per heavy atom. The third-order valence-corrected chi connectivity index (χ3v) is 5.71. The van der Waals surface area contributed by atoms with E-state index in [2.05, 4.69) is 30.4 Å². The Labute approximate surface area is 140 Å². The molecule has 2 rings (SSSR count). The zero-order valence-electron chi connectivity index (χ0n) is 14.5. The summed E-state index contributed by atoms with van der Waals surface area (Å²) in [4.78, 5) is 2.56. The molecule has 1 aliphatic heterocycles. The molecule has 130 valence electrons. The van der Waals surface area contributed by atoms with Crippen LogP contribution in [0.25, 0.3) is 0 Å². The van der Waals surface area contributed by atoms with Gasteiger partial charge in [0.05, 0.1) is 18.1 Å². The molecular weight excluding hydrogens is 312 g/mol. The lowest BCUT2D eigenvalue weighted by atomic mass is 9.87. The molecule has 0 aromatic heterocycles. The SMILES string of the molecule is CC(CNS(=O)(=O)c1ccc(C(C)(C)C)cc1)N1CCOCC1. The summed E-state index contributed by atoms with van der Waals surface area (Å²) >= 11 is 0. The lowest BCUT2D eigenvalue weighted by Crippen LogP contribution is -2.47. The van der Waals surface area contributed by atoms with Gasteiger partial charge < -0.3 is 4.74 Å². The van der Waals surface area contributed by atoms with Gasteiger partial charge in [-0.25, -0.2) is 13.1 Å². The van der Waals surface area contributed by atoms with Gasteiger partial charge >= 0.3 is 0 Å². The van der Waals surface area contributed by atoms with E-state index in [0.717, 1.165) is 18.7 Å². The Morgan fingerprint density at radius 3 is 2.26 bits per heavy atom. The maximum Gasteiger partial charge on any atom is 0.240 e. The van der Waals surface area contributed by atoms with E-state index >= 15 is 0 Å². The van der Waals surface area contributed by atoms with Crippen molar-refractivity contribution in [1.82, 2.24) is 9.62 Å². The van der Waals surface area contributed by atoms with Crippen LogP contribution in [0.2, 0.25) is 0 Å². The summed E-state index contributed by atoms with van der Waals surface area (Å²) in [5.41, 5.74) is 1.14. The molecule has 1 atom stereocenters. The van der Waals surface area contributed by atoms with Crippen molar-refractivity contribution in [1.29, 1.82) is 0 Å². The highest BCUT2D eigenvalue weighted by molar-refractivity contribution is 7.89. The van der Waals surface area contributed by atoms with Crippen LogP contribution in [0, 0.1) is 0 Å². The number of benzene rings is 1. The number of morpholine rings is 1. The Hall–Kier alpha value is -0.950. The minimum atomic E-state index is -3.46. The summed E-state index contributed by atoms with van der Waals surface area (Å²) in [5.74, 6) is 0. The highest BCUT2D eigenvalue weighted by Crippen LogP contribution is 2.23. The number of nitrogens with zero attached hydrogens (tertiary/aromatic N) is 1. The van der Waals surface area contributed by atoms with Crippen molar-refractivity contribution in [2.45, 2.75) is 44.0 Å². The molecule has 6 heteroatoms. The van der Waals surface area contributed by atoms with Crippen LogP contribution in [0.15, 0.2) is 29.2 Å². The molecule has 1 aromatic rings. The van der Waals surface area contributed by atoms with E-state index in [4.69, 9.17) is 4.74 Å². The quantitative estimate of drug-likeness (QED) is 0.890. The van der Waals surface area contributed by atoms with Crippen LogP contribution in [0.5, 0.6) is 0 Å². The summed E-state index contributed by atoms with van der Waals surface area (Å²) in [7, 11) is -3.46. The first kappa shape index (κ1) is 18.4. The maximum absolute atomic E-state index is 12.4. The van der Waals surface area contributed by atoms with Crippen molar-refractivity contribution < 1.29 is 13.2 Å². The minimum absolute atomic E-state index is 0.0145. The lowest BCUT2D eigenvalue weighted by molar-refractivity contribution is 0.0213. The summed E-state index contributed by atoms with van der Waals surface area (Å²) < 4.78 is 32.9. The van der Waals surface area contributed by atoms with Crippen LogP contribution in [0.4, 0.5) is 0 Å². The molecule has 1 N–H and O–H groups in total. The molecule has 5 nitrogen and oxygen atoms in total. The molecule has 1 aliphatic rings. The Bertz CT molecular complexity index is 600. The summed E-state index contributed by atoms with van der Waals surface area (Å²) in [5, 5.41) is 0. The maximum atomic E-state index is 12.4. The average molecular weight is 340 g/mol. The summed E-state index contributed by atoms with van der Waals surface area (Å²) in [6, 6.07) is 7.30. The first-order valence-corrected chi connectivity index (χ1v) is 9.60. The molecular formula is C17H28N2O3S. The van der Waals surface area contributed by atoms with Crippen molar-refractivity contribution in [3.05, 3.63) is 29.8 Å². The van der Waals surface area contributed by atoms with Crippen LogP contribution in [-0.4, -0.2) is 52.2 Å². The second-order valence-electron chi connectivity index (χ2n) is 7.12. The third kappa shape index (κ3) is 5.01. The molecule has 1 aromatic carbocycles. The van der Waals surface area contributed by atoms with Crippen molar-refractivity contribution in [3.8, 4) is 0 Å². The molecule has 1 saturated heterocycles. The second kappa shape index (κ2) is 7.30. The van der Waals surface area contributed by atoms with E-state index in [-0.39, 0.29) is 11.5 Å². The molecule has 0 radical (unpaired) electrons. The molecule has 0 spiro atoms. The van der Waals surface area contributed by atoms with Gasteiger partial charge in [-0.05, 0) is 30.0 Å². The van der Waals surface area contributed by atoms with E-state index < -0.39 is 10.0 Å². The fraction of sp³-hybridized carbons (Fsp3) is 0.647. The molecule has 0 amide bonds. The second-order valence-corrected chi connectivity index (χ2v) is 8.89. The predicted octanol–water partition coefficient (Wildman–Crippen LogP) is 1.98. The molecule has 0 aliphatic carbocycles. The zero-order valence-corrected chi connectivity index (χ0v) is 15.3. The van der Waals surface area contributed by atoms with Gasteiger partial charge in [0.1, 0.15) is 0 Å². The summed E-state index contributed by atoms with van der Waals surface area (Å²) in [6.45, 7) is 11.9. The van der Waals surface area contributed by atoms with Crippen LogP contribution >= 0.6 is 0 Å². The van der Waals surface area contributed by atoms with E-state index in [0.29, 0.717) is 24.7 Å². The van der Waals surface area contributed by atoms with E-state index in [1.54, 1.807) is 12.1 Å². The van der Waals surface area contributed by atoms with Gasteiger partial charge in [0.15, 0.2) is 0 Å². The van der Waals surface area contributed by atoms with Crippen LogP contribution in [0.3, 0.4) is 0 Å². The molecule has 1 fully saturated rings. The summed E-state index contributed by atoms with van der Waals surface area (Å²) in [6.07, 6.45) is 0. The van der Waals surface area contributed by atoms with Gasteiger partial charge in [0.25, 0.3) is 0 Å². The standard InChI is InChI=1S/C17H28N2O3S/c1-14(19-9-11-22-12-10-19)13-18-23(20,21)16-7-5-15(6-8-16)17(2,3)4/h5-8,14,18H,9-13H2,1-4H3. The number of hydrogen-bond donors (Lipinski definition) is 1. The van der Waals surface area contributed by atoms with Gasteiger partial charge in [-0.1, -0.05) is 32.9 Å². The van der Waals surface area contributed by atoms with Crippen molar-refractivity contribution in [2.75, 3.05) is 32.8 Å². The van der Waals surface area contributed by atoms with Gasteiger partial charge in [-0.3, -0.25) is 4.90 Å². The largest absolute Gasteiger partial charge is 0.379 e. The molecule has 1 heterocycles. The van der Waals surface area contributed by atoms with Crippen LogP contribution in [0.1, 0.15) is 33.3 Å². The van der Waals surface area contributed by atoms with E-state index in [1.165, 1.54) is 0 Å². The Kier molecular flexibility index (Phi) is 5.84. The minimum Gasteiger partial charge on any atom is -0.379 e. The van der Waals surface area contributed by atoms with Gasteiger partial charge in [0, 0.05) is 25.7 Å². The van der Waals surface area contributed by atoms with Crippen molar-refractivity contribution in [2.24, 2.45) is 0 Å². The normalized spacial score (nSPS) is 18.8. The fourth-order valence-corrected chi connectivity index (χ4v) is 3.72. The monoisotopic (exact) mass is 340 g/mol. The lowest BCUT2D eigenvalue weighted by Gasteiger charge is -2.32. The zero-order chi connectivity index (χ0) is 17.1. The van der Waals surface area contributed by atoms with E-state index in [1.807, 2.05) is 19.1 Å². The average Bonchev–Trinajstić information content (AvgIpc) is 2.53. The number of rotatable bonds is 5. The molecule has 1 unspecified atom stereocenters. The first-order valence-electron chi connectivity index (χ1n) is 8.12. The molecule has 0 saturated carbocycles. The van der Waals surface area contributed by atoms with Crippen LogP contribution < -0.4 is 4.72 Å². The van der Waals surface area contributed by atoms with E-state index in [9.17, 15) is 8.42 Å². The molecule has 23 heavy (non-hydrogen) atoms. The third-order valence-electron chi connectivity index (χ3n) is 4.27. The van der Waals surface area contributed by atoms with Gasteiger partial charge in [-0.2, -0.15) is 0 Å². The molecule has 0 bridgehead atoms. The Morgan fingerprint density at radius 1 is 1.17 bits per heavy atom. The fourth-order valence-electron chi connectivity index (χ4n) is 2.60. The van der Waals surface area contributed by atoms with Crippen molar-refractivity contribution >= 4 is 10.0 Å². The number of nitrogens with one attached hydrogen (secondary N) is 1. The smallest absolute Gasteiger partial charge is 0.240 e. The Balaban J connectivity index is 1.98. The highest BCUT2D eigenvalue weighted by Gasteiger charge is 2.21. The number of ether oxygens (including phenoxy) is 1. The van der Waals surface area contributed by atoms with Gasteiger partial charge in [-0.15, -0.1) is 0 Å².